The Balaban J connectivity index is 1.79. The van der Waals surface area contributed by atoms with Crippen LogP contribution in [0.3, 0.4) is 0 Å². The van der Waals surface area contributed by atoms with Crippen LogP contribution in [0.2, 0.25) is 0 Å². The van der Waals surface area contributed by atoms with E-state index >= 15 is 0 Å². The zero-order valence-corrected chi connectivity index (χ0v) is 14.1. The predicted octanol–water partition coefficient (Wildman–Crippen LogP) is 2.31. The summed E-state index contributed by atoms with van der Waals surface area (Å²) < 4.78 is 18.2. The number of carbonyl (C=O) groups is 2. The molecule has 0 aliphatic carbocycles. The van der Waals surface area contributed by atoms with E-state index in [0.29, 0.717) is 17.1 Å². The Morgan fingerprint density at radius 1 is 1.08 bits per heavy atom. The van der Waals surface area contributed by atoms with Crippen LogP contribution in [-0.4, -0.2) is 32.0 Å². The highest BCUT2D eigenvalue weighted by molar-refractivity contribution is 5.96. The normalized spacial score (nSPS) is 10.0. The minimum absolute atomic E-state index is 0.0650. The number of halogens is 1. The first-order valence-corrected chi connectivity index (χ1v) is 7.68. The van der Waals surface area contributed by atoms with Crippen molar-refractivity contribution in [3.8, 4) is 5.75 Å². The van der Waals surface area contributed by atoms with E-state index in [4.69, 9.17) is 4.74 Å². The van der Waals surface area contributed by atoms with Gasteiger partial charge in [0, 0.05) is 5.69 Å². The molecule has 0 saturated carbocycles. The van der Waals surface area contributed by atoms with Crippen LogP contribution >= 0.6 is 0 Å². The molecule has 6 nitrogen and oxygen atoms in total. The van der Waals surface area contributed by atoms with Crippen molar-refractivity contribution in [1.29, 1.82) is 0 Å². The van der Waals surface area contributed by atoms with Crippen LogP contribution < -0.4 is 20.7 Å². The van der Waals surface area contributed by atoms with Crippen LogP contribution in [0.4, 0.5) is 15.8 Å². The zero-order chi connectivity index (χ0) is 18.2. The van der Waals surface area contributed by atoms with Crippen LogP contribution in [0.1, 0.15) is 5.56 Å². The van der Waals surface area contributed by atoms with E-state index in [2.05, 4.69) is 16.0 Å². The topological polar surface area (TPSA) is 79.5 Å². The Morgan fingerprint density at radius 2 is 1.88 bits per heavy atom. The van der Waals surface area contributed by atoms with Gasteiger partial charge in [0.2, 0.25) is 11.8 Å². The van der Waals surface area contributed by atoms with E-state index < -0.39 is 5.82 Å². The van der Waals surface area contributed by atoms with Gasteiger partial charge in [-0.05, 0) is 42.8 Å². The summed E-state index contributed by atoms with van der Waals surface area (Å²) in [4.78, 5) is 23.7. The second kappa shape index (κ2) is 8.68. The number of nitrogens with one attached hydrogen (secondary N) is 3. The SMILES string of the molecule is COc1ccc(C)cc1NC(=O)CNC(=O)CNc1cccc(F)c1. The number of methoxy groups -OCH3 is 1. The van der Waals surface area contributed by atoms with E-state index in [-0.39, 0.29) is 24.9 Å². The molecule has 0 aliphatic rings. The van der Waals surface area contributed by atoms with Gasteiger partial charge in [-0.2, -0.15) is 0 Å². The maximum absolute atomic E-state index is 13.0. The Morgan fingerprint density at radius 3 is 2.60 bits per heavy atom. The zero-order valence-electron chi connectivity index (χ0n) is 14.1. The average Bonchev–Trinajstić information content (AvgIpc) is 2.58. The lowest BCUT2D eigenvalue weighted by molar-refractivity contribution is -0.122. The van der Waals surface area contributed by atoms with Crippen LogP contribution in [-0.2, 0) is 9.59 Å². The molecule has 0 fully saturated rings. The highest BCUT2D eigenvalue weighted by Crippen LogP contribution is 2.24. The molecule has 0 radical (unpaired) electrons. The molecule has 2 amide bonds. The summed E-state index contributed by atoms with van der Waals surface area (Å²) in [6.45, 7) is 1.65. The molecule has 0 aliphatic heterocycles. The van der Waals surface area contributed by atoms with Gasteiger partial charge < -0.3 is 20.7 Å². The Kier molecular flexibility index (Phi) is 6.33. The molecule has 0 heterocycles. The van der Waals surface area contributed by atoms with Crippen molar-refractivity contribution >= 4 is 23.2 Å². The summed E-state index contributed by atoms with van der Waals surface area (Å²) in [5.41, 5.74) is 2.00. The van der Waals surface area contributed by atoms with Crippen molar-refractivity contribution in [2.75, 3.05) is 30.8 Å². The van der Waals surface area contributed by atoms with Gasteiger partial charge in [0.05, 0.1) is 25.9 Å². The molecule has 0 saturated heterocycles. The molecule has 2 aromatic rings. The number of aryl methyl sites for hydroxylation is 1. The fourth-order valence-corrected chi connectivity index (χ4v) is 2.14. The van der Waals surface area contributed by atoms with Gasteiger partial charge in [0.15, 0.2) is 0 Å². The molecule has 7 heteroatoms. The van der Waals surface area contributed by atoms with Crippen molar-refractivity contribution in [2.24, 2.45) is 0 Å². The molecule has 0 aromatic heterocycles. The lowest BCUT2D eigenvalue weighted by atomic mass is 10.2. The van der Waals surface area contributed by atoms with Crippen molar-refractivity contribution in [2.45, 2.75) is 6.92 Å². The number of hydrogen-bond acceptors (Lipinski definition) is 4. The standard InChI is InChI=1S/C18H20FN3O3/c1-12-6-7-16(25-2)15(8-12)22-18(24)11-21-17(23)10-20-14-5-3-4-13(19)9-14/h3-9,20H,10-11H2,1-2H3,(H,21,23)(H,22,24). The van der Waals surface area contributed by atoms with Crippen LogP contribution in [0.25, 0.3) is 0 Å². The maximum Gasteiger partial charge on any atom is 0.243 e. The van der Waals surface area contributed by atoms with Crippen LogP contribution in [0.15, 0.2) is 42.5 Å². The smallest absolute Gasteiger partial charge is 0.243 e. The van der Waals surface area contributed by atoms with E-state index in [9.17, 15) is 14.0 Å². The molecule has 2 rings (SSSR count). The molecule has 132 valence electrons. The molecule has 25 heavy (non-hydrogen) atoms. The molecular weight excluding hydrogens is 325 g/mol. The number of amides is 2. The number of rotatable bonds is 7. The molecule has 0 unspecified atom stereocenters. The Hall–Kier alpha value is -3.09. The Labute approximate surface area is 145 Å². The van der Waals surface area contributed by atoms with Gasteiger partial charge in [0.25, 0.3) is 0 Å². The van der Waals surface area contributed by atoms with Gasteiger partial charge in [-0.3, -0.25) is 9.59 Å². The monoisotopic (exact) mass is 345 g/mol. The summed E-state index contributed by atoms with van der Waals surface area (Å²) in [6, 6.07) is 11.2. The minimum atomic E-state index is -0.392. The maximum atomic E-state index is 13.0. The third-order valence-electron chi connectivity index (χ3n) is 3.35. The van der Waals surface area contributed by atoms with E-state index in [0.717, 1.165) is 5.56 Å². The number of ether oxygens (including phenoxy) is 1. The van der Waals surface area contributed by atoms with E-state index in [1.54, 1.807) is 18.2 Å². The van der Waals surface area contributed by atoms with Crippen LogP contribution in [0.5, 0.6) is 5.75 Å². The minimum Gasteiger partial charge on any atom is -0.495 e. The molecular formula is C18H20FN3O3. The fraction of sp³-hybridized carbons (Fsp3) is 0.222. The molecule has 2 aromatic carbocycles. The lowest BCUT2D eigenvalue weighted by Gasteiger charge is -2.12. The summed E-state index contributed by atoms with van der Waals surface area (Å²) >= 11 is 0. The lowest BCUT2D eigenvalue weighted by Crippen LogP contribution is -2.36. The van der Waals surface area contributed by atoms with Crippen molar-refractivity contribution in [3.05, 3.63) is 53.8 Å². The highest BCUT2D eigenvalue weighted by atomic mass is 19.1. The molecule has 0 bridgehead atoms. The number of anilines is 2. The Bertz CT molecular complexity index is 765. The largest absolute Gasteiger partial charge is 0.495 e. The van der Waals surface area contributed by atoms with Crippen molar-refractivity contribution in [1.82, 2.24) is 5.32 Å². The third-order valence-corrected chi connectivity index (χ3v) is 3.35. The number of benzene rings is 2. The summed E-state index contributed by atoms with van der Waals surface area (Å²) in [5, 5.41) is 7.96. The molecule has 3 N–H and O–H groups in total. The van der Waals surface area contributed by atoms with Gasteiger partial charge in [0.1, 0.15) is 11.6 Å². The van der Waals surface area contributed by atoms with Gasteiger partial charge in [-0.25, -0.2) is 4.39 Å². The fourth-order valence-electron chi connectivity index (χ4n) is 2.14. The van der Waals surface area contributed by atoms with Crippen molar-refractivity contribution in [3.63, 3.8) is 0 Å². The first-order chi connectivity index (χ1) is 12.0. The molecule has 0 atom stereocenters. The van der Waals surface area contributed by atoms with Crippen LogP contribution in [0, 0.1) is 12.7 Å². The molecule has 0 spiro atoms. The van der Waals surface area contributed by atoms with Gasteiger partial charge in [-0.15, -0.1) is 0 Å². The first-order valence-electron chi connectivity index (χ1n) is 7.68. The summed E-state index contributed by atoms with van der Waals surface area (Å²) in [7, 11) is 1.51. The van der Waals surface area contributed by atoms with Crippen molar-refractivity contribution < 1.29 is 18.7 Å². The average molecular weight is 345 g/mol. The number of carbonyl (C=O) groups excluding carboxylic acids is 2. The first kappa shape index (κ1) is 18.3. The quantitative estimate of drug-likeness (QED) is 0.719. The number of hydrogen-bond donors (Lipinski definition) is 3. The van der Waals surface area contributed by atoms with Gasteiger partial charge in [-0.1, -0.05) is 12.1 Å². The van der Waals surface area contributed by atoms with E-state index in [1.807, 2.05) is 13.0 Å². The second-order valence-electron chi connectivity index (χ2n) is 5.39. The predicted molar refractivity (Wildman–Crippen MR) is 94.3 cm³/mol. The van der Waals surface area contributed by atoms with Gasteiger partial charge >= 0.3 is 0 Å². The summed E-state index contributed by atoms with van der Waals surface area (Å²) in [5.74, 6) is -0.603. The summed E-state index contributed by atoms with van der Waals surface area (Å²) in [6.07, 6.45) is 0. The second-order valence-corrected chi connectivity index (χ2v) is 5.39. The third kappa shape index (κ3) is 5.80. The highest BCUT2D eigenvalue weighted by Gasteiger charge is 2.09. The van der Waals surface area contributed by atoms with E-state index in [1.165, 1.54) is 25.3 Å².